The summed E-state index contributed by atoms with van der Waals surface area (Å²) in [7, 11) is 1.51. The first-order chi connectivity index (χ1) is 7.58. The maximum atomic E-state index is 10.8. The van der Waals surface area contributed by atoms with Gasteiger partial charge in [-0.3, -0.25) is 4.79 Å². The fraction of sp³-hybridized carbons (Fsp3) is 0.250. The number of halogens is 1. The lowest BCUT2D eigenvalue weighted by Crippen LogP contribution is -2.08. The zero-order valence-corrected chi connectivity index (χ0v) is 10.6. The highest BCUT2D eigenvalue weighted by Gasteiger charge is 2.10. The maximum Gasteiger partial charge on any atom is 0.308 e. The van der Waals surface area contributed by atoms with Crippen LogP contribution in [0.15, 0.2) is 30.9 Å². The Hall–Kier alpha value is -1.52. The minimum Gasteiger partial charge on any atom is -0.493 e. The van der Waals surface area contributed by atoms with Crippen LogP contribution in [0, 0.1) is 0 Å². The standard InChI is InChI=1S/C12H15NO3.ClH/c1-4-10(13)9-5-6-11(16-8(2)14)12(7-9)15-3;/h4-7,10H,1,13H2,2-3H3;1H/t10-;/m0./s1. The molecule has 0 spiro atoms. The number of ether oxygens (including phenoxy) is 2. The third-order valence-corrected chi connectivity index (χ3v) is 2.08. The minimum absolute atomic E-state index is 0. The minimum atomic E-state index is -0.390. The fourth-order valence-corrected chi connectivity index (χ4v) is 1.27. The Morgan fingerprint density at radius 1 is 1.47 bits per heavy atom. The van der Waals surface area contributed by atoms with Gasteiger partial charge in [-0.2, -0.15) is 0 Å². The normalized spacial score (nSPS) is 11.0. The third kappa shape index (κ3) is 4.09. The molecule has 0 aliphatic heterocycles. The average Bonchev–Trinajstić information content (AvgIpc) is 2.27. The van der Waals surface area contributed by atoms with Crippen LogP contribution in [0.2, 0.25) is 0 Å². The zero-order valence-electron chi connectivity index (χ0n) is 9.80. The van der Waals surface area contributed by atoms with E-state index in [1.54, 1.807) is 24.3 Å². The van der Waals surface area contributed by atoms with Crippen LogP contribution in [-0.2, 0) is 4.79 Å². The predicted molar refractivity (Wildman–Crippen MR) is 68.7 cm³/mol. The molecule has 17 heavy (non-hydrogen) atoms. The van der Waals surface area contributed by atoms with Crippen molar-refractivity contribution in [2.75, 3.05) is 7.11 Å². The van der Waals surface area contributed by atoms with E-state index in [4.69, 9.17) is 15.2 Å². The summed E-state index contributed by atoms with van der Waals surface area (Å²) in [5, 5.41) is 0. The first-order valence-corrected chi connectivity index (χ1v) is 4.83. The molecular formula is C12H16ClNO3. The number of esters is 1. The second-order valence-electron chi connectivity index (χ2n) is 3.27. The molecule has 94 valence electrons. The Morgan fingerprint density at radius 3 is 2.59 bits per heavy atom. The molecule has 2 N–H and O–H groups in total. The Kier molecular flexibility index (Phi) is 6.31. The molecule has 1 aromatic rings. The number of rotatable bonds is 4. The van der Waals surface area contributed by atoms with Crippen molar-refractivity contribution in [1.82, 2.24) is 0 Å². The first kappa shape index (κ1) is 15.5. The molecule has 0 saturated carbocycles. The number of benzene rings is 1. The molecule has 4 nitrogen and oxygen atoms in total. The van der Waals surface area contributed by atoms with Crippen molar-refractivity contribution in [3.63, 3.8) is 0 Å². The summed E-state index contributed by atoms with van der Waals surface area (Å²) >= 11 is 0. The molecule has 0 aliphatic rings. The van der Waals surface area contributed by atoms with Gasteiger partial charge in [0, 0.05) is 13.0 Å². The lowest BCUT2D eigenvalue weighted by atomic mass is 10.1. The lowest BCUT2D eigenvalue weighted by molar-refractivity contribution is -0.132. The van der Waals surface area contributed by atoms with Crippen molar-refractivity contribution in [2.45, 2.75) is 13.0 Å². The maximum absolute atomic E-state index is 10.8. The topological polar surface area (TPSA) is 61.5 Å². The molecule has 1 atom stereocenters. The Morgan fingerprint density at radius 2 is 2.12 bits per heavy atom. The van der Waals surface area contributed by atoms with E-state index in [9.17, 15) is 4.79 Å². The van der Waals surface area contributed by atoms with Gasteiger partial charge in [-0.25, -0.2) is 0 Å². The second kappa shape index (κ2) is 6.93. The number of carbonyl (C=O) groups excluding carboxylic acids is 1. The van der Waals surface area contributed by atoms with Gasteiger partial charge in [0.25, 0.3) is 0 Å². The Balaban J connectivity index is 0.00000256. The van der Waals surface area contributed by atoms with Crippen molar-refractivity contribution in [2.24, 2.45) is 5.73 Å². The Bertz CT molecular complexity index is 407. The number of hydrogen-bond donors (Lipinski definition) is 1. The summed E-state index contributed by atoms with van der Waals surface area (Å²) < 4.78 is 10.1. The van der Waals surface area contributed by atoms with Crippen LogP contribution in [0.25, 0.3) is 0 Å². The molecule has 1 aromatic carbocycles. The summed E-state index contributed by atoms with van der Waals surface area (Å²) in [5.74, 6) is 0.471. The monoisotopic (exact) mass is 257 g/mol. The summed E-state index contributed by atoms with van der Waals surface area (Å²) in [6.45, 7) is 4.95. The number of nitrogens with two attached hydrogens (primary N) is 1. The van der Waals surface area contributed by atoms with Gasteiger partial charge in [0.1, 0.15) is 0 Å². The van der Waals surface area contributed by atoms with E-state index in [0.717, 1.165) is 5.56 Å². The molecule has 0 bridgehead atoms. The molecule has 0 radical (unpaired) electrons. The van der Waals surface area contributed by atoms with Crippen LogP contribution in [0.3, 0.4) is 0 Å². The molecule has 5 heteroatoms. The SMILES string of the molecule is C=C[C@H](N)c1ccc(OC(C)=O)c(OC)c1.Cl. The Labute approximate surface area is 107 Å². The summed E-state index contributed by atoms with van der Waals surface area (Å²) in [6.07, 6.45) is 1.63. The first-order valence-electron chi connectivity index (χ1n) is 4.83. The largest absolute Gasteiger partial charge is 0.493 e. The van der Waals surface area contributed by atoms with Gasteiger partial charge in [0.2, 0.25) is 0 Å². The van der Waals surface area contributed by atoms with Gasteiger partial charge >= 0.3 is 5.97 Å². The predicted octanol–water partition coefficient (Wildman–Crippen LogP) is 2.23. The van der Waals surface area contributed by atoms with E-state index in [0.29, 0.717) is 11.5 Å². The van der Waals surface area contributed by atoms with E-state index < -0.39 is 0 Å². The molecule has 0 fully saturated rings. The van der Waals surface area contributed by atoms with Crippen LogP contribution in [0.1, 0.15) is 18.5 Å². The van der Waals surface area contributed by atoms with E-state index in [1.807, 2.05) is 0 Å². The van der Waals surface area contributed by atoms with Crippen molar-refractivity contribution in [3.05, 3.63) is 36.4 Å². The van der Waals surface area contributed by atoms with Crippen LogP contribution in [0.4, 0.5) is 0 Å². The van der Waals surface area contributed by atoms with Crippen LogP contribution < -0.4 is 15.2 Å². The zero-order chi connectivity index (χ0) is 12.1. The highest BCUT2D eigenvalue weighted by Crippen LogP contribution is 2.30. The summed E-state index contributed by atoms with van der Waals surface area (Å²) in [6, 6.07) is 4.89. The van der Waals surface area contributed by atoms with Gasteiger partial charge in [-0.15, -0.1) is 19.0 Å². The van der Waals surface area contributed by atoms with E-state index >= 15 is 0 Å². The van der Waals surface area contributed by atoms with Gasteiger partial charge < -0.3 is 15.2 Å². The molecule has 0 aromatic heterocycles. The third-order valence-electron chi connectivity index (χ3n) is 2.08. The molecule has 0 unspecified atom stereocenters. The number of carbonyl (C=O) groups is 1. The quantitative estimate of drug-likeness (QED) is 0.510. The van der Waals surface area contributed by atoms with E-state index in [1.165, 1.54) is 14.0 Å². The summed E-state index contributed by atoms with van der Waals surface area (Å²) in [5.41, 5.74) is 6.64. The van der Waals surface area contributed by atoms with Crippen LogP contribution >= 0.6 is 12.4 Å². The van der Waals surface area contributed by atoms with Crippen molar-refractivity contribution < 1.29 is 14.3 Å². The smallest absolute Gasteiger partial charge is 0.308 e. The van der Waals surface area contributed by atoms with Crippen molar-refractivity contribution >= 4 is 18.4 Å². The van der Waals surface area contributed by atoms with Crippen molar-refractivity contribution in [1.29, 1.82) is 0 Å². The number of methoxy groups -OCH3 is 1. The van der Waals surface area contributed by atoms with Crippen LogP contribution in [-0.4, -0.2) is 13.1 Å². The van der Waals surface area contributed by atoms with E-state index in [-0.39, 0.29) is 24.4 Å². The van der Waals surface area contributed by atoms with Crippen molar-refractivity contribution in [3.8, 4) is 11.5 Å². The average molecular weight is 258 g/mol. The summed E-state index contributed by atoms with van der Waals surface area (Å²) in [4.78, 5) is 10.8. The molecule has 0 heterocycles. The van der Waals surface area contributed by atoms with Crippen LogP contribution in [0.5, 0.6) is 11.5 Å². The highest BCUT2D eigenvalue weighted by molar-refractivity contribution is 5.85. The van der Waals surface area contributed by atoms with Gasteiger partial charge in [0.15, 0.2) is 11.5 Å². The molecule has 1 rings (SSSR count). The molecule has 0 amide bonds. The molecule has 0 aliphatic carbocycles. The van der Waals surface area contributed by atoms with Gasteiger partial charge in [-0.05, 0) is 17.7 Å². The lowest BCUT2D eigenvalue weighted by Gasteiger charge is -2.12. The number of hydrogen-bond acceptors (Lipinski definition) is 4. The molecule has 0 saturated heterocycles. The highest BCUT2D eigenvalue weighted by atomic mass is 35.5. The van der Waals surface area contributed by atoms with E-state index in [2.05, 4.69) is 6.58 Å². The second-order valence-corrected chi connectivity index (χ2v) is 3.27. The van der Waals surface area contributed by atoms with Gasteiger partial charge in [-0.1, -0.05) is 12.1 Å². The fourth-order valence-electron chi connectivity index (χ4n) is 1.27. The molecular weight excluding hydrogens is 242 g/mol. The van der Waals surface area contributed by atoms with Gasteiger partial charge in [0.05, 0.1) is 7.11 Å².